The zero-order valence-corrected chi connectivity index (χ0v) is 22.9. The third-order valence-electron chi connectivity index (χ3n) is 7.61. The molecule has 3 aromatic heterocycles. The molecule has 0 saturated heterocycles. The average Bonchev–Trinajstić information content (AvgIpc) is 3.51. The molecule has 7 nitrogen and oxygen atoms in total. The molecule has 0 bridgehead atoms. The predicted molar refractivity (Wildman–Crippen MR) is 145 cm³/mol. The lowest BCUT2D eigenvalue weighted by molar-refractivity contribution is 0.304. The minimum atomic E-state index is 0.283. The summed E-state index contributed by atoms with van der Waals surface area (Å²) < 4.78 is 13.2. The molecule has 3 heterocycles. The molecule has 0 radical (unpaired) electrons. The topological polar surface area (TPSA) is 78.9 Å². The number of methoxy groups -OCH3 is 1. The van der Waals surface area contributed by atoms with E-state index in [0.717, 1.165) is 73.5 Å². The Labute approximate surface area is 219 Å². The van der Waals surface area contributed by atoms with Crippen LogP contribution < -0.4 is 4.74 Å². The summed E-state index contributed by atoms with van der Waals surface area (Å²) in [5.41, 5.74) is 9.14. The first kappa shape index (κ1) is 25.2. The van der Waals surface area contributed by atoms with Crippen LogP contribution in [-0.4, -0.2) is 32.0 Å². The molecule has 5 rings (SSSR count). The van der Waals surface area contributed by atoms with Gasteiger partial charge in [0.15, 0.2) is 5.69 Å². The molecule has 4 aromatic rings. The van der Waals surface area contributed by atoms with Crippen molar-refractivity contribution in [3.63, 3.8) is 0 Å². The second-order valence-electron chi connectivity index (χ2n) is 10.8. The van der Waals surface area contributed by atoms with Crippen molar-refractivity contribution in [1.82, 2.24) is 24.9 Å². The maximum Gasteiger partial charge on any atom is 0.279 e. The monoisotopic (exact) mass is 499 g/mol. The van der Waals surface area contributed by atoms with E-state index in [9.17, 15) is 0 Å². The summed E-state index contributed by atoms with van der Waals surface area (Å²) in [5, 5.41) is 9.25. The van der Waals surface area contributed by atoms with E-state index in [4.69, 9.17) is 24.3 Å². The van der Waals surface area contributed by atoms with E-state index >= 15 is 0 Å². The molecule has 1 aliphatic carbocycles. The average molecular weight is 500 g/mol. The molecular formula is C30H37N5O2. The zero-order valence-electron chi connectivity index (χ0n) is 22.9. The highest BCUT2D eigenvalue weighted by atomic mass is 16.5. The zero-order chi connectivity index (χ0) is 26.2. The molecule has 0 aliphatic heterocycles. The van der Waals surface area contributed by atoms with Crippen LogP contribution in [0.5, 0.6) is 5.75 Å². The summed E-state index contributed by atoms with van der Waals surface area (Å²) in [5.74, 6) is 1.95. The van der Waals surface area contributed by atoms with Gasteiger partial charge in [-0.3, -0.25) is 9.67 Å². The Bertz CT molecular complexity index is 1400. The summed E-state index contributed by atoms with van der Waals surface area (Å²) >= 11 is 0. The molecule has 37 heavy (non-hydrogen) atoms. The number of rotatable bonds is 8. The van der Waals surface area contributed by atoms with Crippen LogP contribution >= 0.6 is 0 Å². The summed E-state index contributed by atoms with van der Waals surface area (Å²) in [6, 6.07) is 10.4. The van der Waals surface area contributed by atoms with E-state index in [1.807, 2.05) is 19.1 Å². The van der Waals surface area contributed by atoms with Gasteiger partial charge in [-0.05, 0) is 87.1 Å². The van der Waals surface area contributed by atoms with E-state index in [2.05, 4.69) is 55.7 Å². The number of ether oxygens (including phenoxy) is 1. The number of pyridine rings is 1. The van der Waals surface area contributed by atoms with Gasteiger partial charge in [0.05, 0.1) is 7.11 Å². The minimum absolute atomic E-state index is 0.283. The van der Waals surface area contributed by atoms with E-state index in [-0.39, 0.29) is 5.41 Å². The van der Waals surface area contributed by atoms with Crippen molar-refractivity contribution in [1.29, 1.82) is 0 Å². The van der Waals surface area contributed by atoms with Gasteiger partial charge in [-0.1, -0.05) is 38.1 Å². The predicted octanol–water partition coefficient (Wildman–Crippen LogP) is 6.19. The number of aromatic nitrogens is 5. The molecular weight excluding hydrogens is 462 g/mol. The quantitative estimate of drug-likeness (QED) is 0.287. The summed E-state index contributed by atoms with van der Waals surface area (Å²) in [7, 11) is 1.69. The van der Waals surface area contributed by atoms with E-state index in [1.54, 1.807) is 7.11 Å². The summed E-state index contributed by atoms with van der Waals surface area (Å²) in [4.78, 5) is 9.80. The van der Waals surface area contributed by atoms with Gasteiger partial charge in [0, 0.05) is 34.8 Å². The van der Waals surface area contributed by atoms with Gasteiger partial charge in [-0.2, -0.15) is 10.1 Å². The fraction of sp³-hybridized carbons (Fsp3) is 0.467. The maximum atomic E-state index is 5.79. The number of hydrogen-bond acceptors (Lipinski definition) is 6. The van der Waals surface area contributed by atoms with Gasteiger partial charge in [0.2, 0.25) is 5.82 Å². The number of hydrogen-bond donors (Lipinski definition) is 0. The summed E-state index contributed by atoms with van der Waals surface area (Å²) in [6.07, 6.45) is 5.84. The Balaban J connectivity index is 1.41. The van der Waals surface area contributed by atoms with Crippen molar-refractivity contribution in [2.45, 2.75) is 79.7 Å². The van der Waals surface area contributed by atoms with Crippen LogP contribution in [0, 0.1) is 12.3 Å². The largest absolute Gasteiger partial charge is 0.497 e. The SMILES string of the molecule is CCc1cc(-c2noc(-c3nn(CC)c4c3CCC(C)(C)C4)n2)c(C)nc1CCc1ccc(OC)cc1. The molecule has 194 valence electrons. The van der Waals surface area contributed by atoms with Crippen LogP contribution in [0.15, 0.2) is 34.9 Å². The summed E-state index contributed by atoms with van der Waals surface area (Å²) in [6.45, 7) is 11.8. The van der Waals surface area contributed by atoms with Gasteiger partial charge in [-0.25, -0.2) is 0 Å². The number of benzene rings is 1. The van der Waals surface area contributed by atoms with Crippen molar-refractivity contribution in [3.05, 3.63) is 64.1 Å². The smallest absolute Gasteiger partial charge is 0.279 e. The lowest BCUT2D eigenvalue weighted by Gasteiger charge is -2.30. The Kier molecular flexibility index (Phi) is 6.88. The molecule has 1 aromatic carbocycles. The first-order chi connectivity index (χ1) is 17.8. The van der Waals surface area contributed by atoms with Crippen LogP contribution in [0.25, 0.3) is 23.0 Å². The molecule has 0 spiro atoms. The van der Waals surface area contributed by atoms with Crippen LogP contribution in [0.1, 0.15) is 67.9 Å². The maximum absolute atomic E-state index is 5.79. The van der Waals surface area contributed by atoms with Crippen LogP contribution in [-0.2, 0) is 38.6 Å². The van der Waals surface area contributed by atoms with Gasteiger partial charge >= 0.3 is 0 Å². The molecule has 0 amide bonds. The van der Waals surface area contributed by atoms with Crippen molar-refractivity contribution < 1.29 is 9.26 Å². The molecule has 0 unspecified atom stereocenters. The van der Waals surface area contributed by atoms with Gasteiger partial charge in [0.25, 0.3) is 5.89 Å². The molecule has 1 aliphatic rings. The van der Waals surface area contributed by atoms with Gasteiger partial charge < -0.3 is 9.26 Å². The minimum Gasteiger partial charge on any atom is -0.497 e. The lowest BCUT2D eigenvalue weighted by Crippen LogP contribution is -2.24. The Morgan fingerprint density at radius 3 is 2.57 bits per heavy atom. The van der Waals surface area contributed by atoms with E-state index in [0.29, 0.717) is 11.7 Å². The second kappa shape index (κ2) is 10.1. The van der Waals surface area contributed by atoms with E-state index < -0.39 is 0 Å². The van der Waals surface area contributed by atoms with Gasteiger partial charge in [0.1, 0.15) is 5.75 Å². The third kappa shape index (κ3) is 5.04. The second-order valence-corrected chi connectivity index (χ2v) is 10.8. The van der Waals surface area contributed by atoms with E-state index in [1.165, 1.54) is 22.4 Å². The Morgan fingerprint density at radius 2 is 1.86 bits per heavy atom. The van der Waals surface area contributed by atoms with Crippen LogP contribution in [0.4, 0.5) is 0 Å². The third-order valence-corrected chi connectivity index (χ3v) is 7.61. The number of fused-ring (bicyclic) bond motifs is 1. The van der Waals surface area contributed by atoms with Crippen molar-refractivity contribution in [2.75, 3.05) is 7.11 Å². The highest BCUT2D eigenvalue weighted by Crippen LogP contribution is 2.39. The van der Waals surface area contributed by atoms with Crippen molar-refractivity contribution in [2.24, 2.45) is 5.41 Å². The molecule has 7 heteroatoms. The molecule has 0 saturated carbocycles. The van der Waals surface area contributed by atoms with Crippen LogP contribution in [0.3, 0.4) is 0 Å². The Morgan fingerprint density at radius 1 is 1.08 bits per heavy atom. The van der Waals surface area contributed by atoms with Crippen molar-refractivity contribution >= 4 is 0 Å². The lowest BCUT2D eigenvalue weighted by atomic mass is 9.76. The normalized spacial score (nSPS) is 14.5. The van der Waals surface area contributed by atoms with Crippen molar-refractivity contribution in [3.8, 4) is 28.7 Å². The fourth-order valence-corrected chi connectivity index (χ4v) is 5.36. The van der Waals surface area contributed by atoms with Crippen LogP contribution in [0.2, 0.25) is 0 Å². The Hall–Kier alpha value is -3.48. The fourth-order valence-electron chi connectivity index (χ4n) is 5.36. The highest BCUT2D eigenvalue weighted by molar-refractivity contribution is 5.63. The standard InChI is InChI=1S/C30H37N5O2/c1-7-21-17-24(19(3)31-25(21)14-11-20-9-12-22(36-6)13-10-20)28-32-29(37-34-28)27-23-15-16-30(4,5)18-26(23)35(8-2)33-27/h9-10,12-13,17H,7-8,11,14-16,18H2,1-6H3. The molecule has 0 N–H and O–H groups in total. The number of aryl methyl sites for hydroxylation is 5. The highest BCUT2D eigenvalue weighted by Gasteiger charge is 2.32. The molecule has 0 fully saturated rings. The first-order valence-electron chi connectivity index (χ1n) is 13.4. The number of nitrogens with zero attached hydrogens (tertiary/aromatic N) is 5. The first-order valence-corrected chi connectivity index (χ1v) is 13.4. The van der Waals surface area contributed by atoms with Gasteiger partial charge in [-0.15, -0.1) is 0 Å². The molecule has 0 atom stereocenters.